The second-order valence-corrected chi connectivity index (χ2v) is 7.70. The molecule has 3 aromatic carbocycles. The third-order valence-corrected chi connectivity index (χ3v) is 5.83. The van der Waals surface area contributed by atoms with Crippen molar-refractivity contribution in [3.05, 3.63) is 128 Å². The number of hydrogen-bond donors (Lipinski definition) is 2. The van der Waals surface area contributed by atoms with Crippen LogP contribution in [0, 0.1) is 0 Å². The second kappa shape index (κ2) is 8.20. The summed E-state index contributed by atoms with van der Waals surface area (Å²) >= 11 is 0. The van der Waals surface area contributed by atoms with Crippen LogP contribution in [0.15, 0.2) is 94.5 Å². The summed E-state index contributed by atoms with van der Waals surface area (Å²) in [6, 6.07) is 28.6. The molecule has 2 N–H and O–H groups in total. The number of benzene rings is 3. The average Bonchev–Trinajstić information content (AvgIpc) is 3.11. The van der Waals surface area contributed by atoms with Crippen molar-refractivity contribution in [2.75, 3.05) is 6.61 Å². The van der Waals surface area contributed by atoms with Crippen molar-refractivity contribution >= 4 is 0 Å². The van der Waals surface area contributed by atoms with Gasteiger partial charge in [0.2, 0.25) is 0 Å². The van der Waals surface area contributed by atoms with Crippen molar-refractivity contribution in [2.45, 2.75) is 18.4 Å². The molecule has 0 fully saturated rings. The van der Waals surface area contributed by atoms with Gasteiger partial charge in [0.1, 0.15) is 6.10 Å². The van der Waals surface area contributed by atoms with Gasteiger partial charge in [0.05, 0.1) is 11.4 Å². The van der Waals surface area contributed by atoms with E-state index in [1.807, 2.05) is 36.4 Å². The van der Waals surface area contributed by atoms with Gasteiger partial charge in [-0.15, -0.1) is 0 Å². The summed E-state index contributed by atoms with van der Waals surface area (Å²) in [5.74, 6) is 0.202. The fourth-order valence-corrected chi connectivity index (χ4v) is 4.37. The molecule has 31 heavy (non-hydrogen) atoms. The second-order valence-electron chi connectivity index (χ2n) is 7.70. The zero-order valence-corrected chi connectivity index (χ0v) is 16.9. The Morgan fingerprint density at radius 1 is 0.742 bits per heavy atom. The molecule has 0 saturated carbocycles. The smallest absolute Gasteiger partial charge is 0.314 e. The van der Waals surface area contributed by atoms with E-state index < -0.39 is 17.2 Å². The van der Waals surface area contributed by atoms with E-state index in [0.29, 0.717) is 18.0 Å². The minimum atomic E-state index is -0.661. The van der Waals surface area contributed by atoms with E-state index in [0.717, 1.165) is 17.5 Å². The largest absolute Gasteiger partial charge is 0.367 e. The van der Waals surface area contributed by atoms with Gasteiger partial charge < -0.3 is 14.7 Å². The molecule has 1 aliphatic carbocycles. The number of aromatic nitrogens is 2. The third-order valence-electron chi connectivity index (χ3n) is 5.83. The Hall–Kier alpha value is -3.70. The average molecular weight is 410 g/mol. The van der Waals surface area contributed by atoms with Crippen LogP contribution in [0.2, 0.25) is 0 Å². The van der Waals surface area contributed by atoms with Crippen LogP contribution in [0.5, 0.6) is 0 Å². The fraction of sp³-hybridized carbons (Fsp3) is 0.154. The molecular weight excluding hydrogens is 388 g/mol. The van der Waals surface area contributed by atoms with Crippen LogP contribution in [-0.4, -0.2) is 16.6 Å². The first-order valence-electron chi connectivity index (χ1n) is 10.4. The molecule has 1 unspecified atom stereocenters. The molecule has 5 nitrogen and oxygen atoms in total. The Bertz CT molecular complexity index is 1270. The van der Waals surface area contributed by atoms with Crippen LogP contribution in [0.25, 0.3) is 11.3 Å². The predicted molar refractivity (Wildman–Crippen MR) is 120 cm³/mol. The quantitative estimate of drug-likeness (QED) is 0.464. The summed E-state index contributed by atoms with van der Waals surface area (Å²) in [4.78, 5) is 29.3. The molecule has 1 atom stereocenters. The van der Waals surface area contributed by atoms with Gasteiger partial charge in [0, 0.05) is 18.1 Å². The SMILES string of the molecule is O=c1[nH]c2c([nH]c1=O)C(OCCC(c1ccccc1)c1ccccc1)c1ccccc1-2. The number of fused-ring (bicyclic) bond motifs is 3. The molecule has 1 aliphatic rings. The summed E-state index contributed by atoms with van der Waals surface area (Å²) in [6.07, 6.45) is 0.373. The lowest BCUT2D eigenvalue weighted by atomic mass is 9.89. The molecule has 0 spiro atoms. The standard InChI is InChI=1S/C26H22N2O3/c29-25-26(30)28-23-22(27-25)20-13-7-8-14-21(20)24(23)31-16-15-19(17-9-3-1-4-10-17)18-11-5-2-6-12-18/h1-14,19,24H,15-16H2,(H,27,29)(H,28,30). The van der Waals surface area contributed by atoms with Gasteiger partial charge in [-0.2, -0.15) is 0 Å². The third kappa shape index (κ3) is 3.64. The first-order valence-corrected chi connectivity index (χ1v) is 10.4. The van der Waals surface area contributed by atoms with Crippen molar-refractivity contribution < 1.29 is 4.74 Å². The maximum Gasteiger partial charge on any atom is 0.314 e. The Kier molecular flexibility index (Phi) is 5.10. The Morgan fingerprint density at radius 2 is 1.32 bits per heavy atom. The van der Waals surface area contributed by atoms with Crippen LogP contribution < -0.4 is 11.1 Å². The van der Waals surface area contributed by atoms with Crippen molar-refractivity contribution in [1.29, 1.82) is 0 Å². The zero-order valence-electron chi connectivity index (χ0n) is 16.9. The van der Waals surface area contributed by atoms with Crippen LogP contribution in [0.3, 0.4) is 0 Å². The summed E-state index contributed by atoms with van der Waals surface area (Å²) in [7, 11) is 0. The molecule has 4 aromatic rings. The van der Waals surface area contributed by atoms with E-state index in [2.05, 4.69) is 58.5 Å². The maximum atomic E-state index is 12.0. The highest BCUT2D eigenvalue weighted by atomic mass is 16.5. The predicted octanol–water partition coefficient (Wildman–Crippen LogP) is 4.37. The molecule has 1 aromatic heterocycles. The van der Waals surface area contributed by atoms with Gasteiger partial charge >= 0.3 is 11.1 Å². The molecule has 5 heteroatoms. The minimum Gasteiger partial charge on any atom is -0.367 e. The van der Waals surface area contributed by atoms with Gasteiger partial charge in [0.15, 0.2) is 0 Å². The lowest BCUT2D eigenvalue weighted by Gasteiger charge is -2.20. The molecule has 5 rings (SSSR count). The van der Waals surface area contributed by atoms with Crippen molar-refractivity contribution in [2.24, 2.45) is 0 Å². The van der Waals surface area contributed by atoms with Gasteiger partial charge in [-0.1, -0.05) is 84.9 Å². The fourth-order valence-electron chi connectivity index (χ4n) is 4.37. The van der Waals surface area contributed by atoms with E-state index in [-0.39, 0.29) is 5.92 Å². The Balaban J connectivity index is 1.42. The highest BCUT2D eigenvalue weighted by Crippen LogP contribution is 2.42. The minimum absolute atomic E-state index is 0.202. The first kappa shape index (κ1) is 19.3. The Labute approximate surface area is 179 Å². The van der Waals surface area contributed by atoms with Gasteiger partial charge in [-0.25, -0.2) is 0 Å². The number of H-pyrrole nitrogens is 2. The summed E-state index contributed by atoms with van der Waals surface area (Å²) in [5.41, 5.74) is 4.25. The van der Waals surface area contributed by atoms with E-state index in [4.69, 9.17) is 4.74 Å². The van der Waals surface area contributed by atoms with Crippen molar-refractivity contribution in [3.63, 3.8) is 0 Å². The van der Waals surface area contributed by atoms with Gasteiger partial charge in [-0.05, 0) is 23.1 Å². The summed E-state index contributed by atoms with van der Waals surface area (Å²) in [6.45, 7) is 0.494. The molecule has 0 saturated heterocycles. The lowest BCUT2D eigenvalue weighted by Crippen LogP contribution is -2.31. The molecule has 154 valence electrons. The summed E-state index contributed by atoms with van der Waals surface area (Å²) in [5, 5.41) is 0. The van der Waals surface area contributed by atoms with Crippen LogP contribution >= 0.6 is 0 Å². The number of nitrogens with one attached hydrogen (secondary N) is 2. The molecule has 0 amide bonds. The molecule has 0 bridgehead atoms. The number of rotatable bonds is 6. The van der Waals surface area contributed by atoms with Crippen molar-refractivity contribution in [3.8, 4) is 11.3 Å². The van der Waals surface area contributed by atoms with E-state index in [1.54, 1.807) is 0 Å². The van der Waals surface area contributed by atoms with Gasteiger partial charge in [-0.3, -0.25) is 9.59 Å². The zero-order chi connectivity index (χ0) is 21.2. The van der Waals surface area contributed by atoms with Crippen LogP contribution in [0.4, 0.5) is 0 Å². The number of ether oxygens (including phenoxy) is 1. The van der Waals surface area contributed by atoms with Gasteiger partial charge in [0.25, 0.3) is 0 Å². The maximum absolute atomic E-state index is 12.0. The van der Waals surface area contributed by atoms with Crippen molar-refractivity contribution in [1.82, 2.24) is 9.97 Å². The first-order chi connectivity index (χ1) is 15.2. The highest BCUT2D eigenvalue weighted by molar-refractivity contribution is 5.73. The monoisotopic (exact) mass is 410 g/mol. The normalized spacial score (nSPS) is 14.4. The highest BCUT2D eigenvalue weighted by Gasteiger charge is 2.31. The van der Waals surface area contributed by atoms with E-state index >= 15 is 0 Å². The summed E-state index contributed by atoms with van der Waals surface area (Å²) < 4.78 is 6.33. The van der Waals surface area contributed by atoms with E-state index in [1.165, 1.54) is 11.1 Å². The number of hydrogen-bond acceptors (Lipinski definition) is 3. The van der Waals surface area contributed by atoms with E-state index in [9.17, 15) is 9.59 Å². The molecule has 0 aliphatic heterocycles. The molecule has 1 heterocycles. The topological polar surface area (TPSA) is 75.0 Å². The Morgan fingerprint density at radius 3 is 2.00 bits per heavy atom. The number of aromatic amines is 2. The molecule has 0 radical (unpaired) electrons. The lowest BCUT2D eigenvalue weighted by molar-refractivity contribution is 0.0761. The van der Waals surface area contributed by atoms with Crippen LogP contribution in [-0.2, 0) is 4.74 Å². The van der Waals surface area contributed by atoms with Crippen LogP contribution in [0.1, 0.15) is 40.8 Å². The molecular formula is C26H22N2O3.